The first kappa shape index (κ1) is 26.3. The number of fused-ring (bicyclic) bond motifs is 1. The van der Waals surface area contributed by atoms with Gasteiger partial charge in [-0.3, -0.25) is 9.78 Å². The second-order valence-electron chi connectivity index (χ2n) is 9.29. The van der Waals surface area contributed by atoms with Gasteiger partial charge in [0.05, 0.1) is 17.7 Å². The van der Waals surface area contributed by atoms with Crippen molar-refractivity contribution in [3.63, 3.8) is 0 Å². The number of thioether (sulfide) groups is 1. The molecule has 3 aromatic rings. The molecule has 0 bridgehead atoms. The van der Waals surface area contributed by atoms with Crippen LogP contribution in [0.5, 0.6) is 5.75 Å². The summed E-state index contributed by atoms with van der Waals surface area (Å²) in [6.45, 7) is 2.60. The predicted molar refractivity (Wildman–Crippen MR) is 139 cm³/mol. The molecule has 1 aromatic carbocycles. The van der Waals surface area contributed by atoms with Crippen LogP contribution in [0.4, 0.5) is 4.39 Å². The normalized spacial score (nSPS) is 19.3. The smallest absolute Gasteiger partial charge is 0.303 e. The van der Waals surface area contributed by atoms with Gasteiger partial charge >= 0.3 is 5.97 Å². The lowest BCUT2D eigenvalue weighted by Crippen LogP contribution is -2.42. The summed E-state index contributed by atoms with van der Waals surface area (Å²) < 4.78 is 20.8. The molecular weight excluding hydrogens is 479 g/mol. The highest BCUT2D eigenvalue weighted by atomic mass is 32.2. The minimum atomic E-state index is -1.13. The topological polar surface area (TPSA) is 88.4 Å². The lowest BCUT2D eigenvalue weighted by molar-refractivity contribution is -0.139. The maximum Gasteiger partial charge on any atom is 0.303 e. The number of methoxy groups -OCH3 is 1. The number of nitrogens with zero attached hydrogens (tertiary/aromatic N) is 4. The number of hydrogen-bond acceptors (Lipinski definition) is 7. The number of benzene rings is 1. The minimum Gasteiger partial charge on any atom is -0.497 e. The van der Waals surface area contributed by atoms with E-state index in [0.29, 0.717) is 24.2 Å². The van der Waals surface area contributed by atoms with Gasteiger partial charge in [0.2, 0.25) is 0 Å². The number of ether oxygens (including phenoxy) is 1. The summed E-state index contributed by atoms with van der Waals surface area (Å²) in [6.07, 6.45) is 6.88. The van der Waals surface area contributed by atoms with Crippen molar-refractivity contribution in [1.29, 1.82) is 0 Å². The van der Waals surface area contributed by atoms with Crippen LogP contribution in [0.1, 0.15) is 43.8 Å². The van der Waals surface area contributed by atoms with Crippen molar-refractivity contribution >= 4 is 28.6 Å². The summed E-state index contributed by atoms with van der Waals surface area (Å²) >= 11 is 1.71. The zero-order valence-corrected chi connectivity index (χ0v) is 21.4. The molecule has 9 heteroatoms. The average molecular weight is 513 g/mol. The number of carboxylic acids is 1. The highest BCUT2D eigenvalue weighted by molar-refractivity contribution is 7.99. The molecule has 1 aliphatic rings. The Morgan fingerprint density at radius 3 is 2.92 bits per heavy atom. The Labute approximate surface area is 215 Å². The first-order valence-electron chi connectivity index (χ1n) is 12.4. The molecule has 0 unspecified atom stereocenters. The van der Waals surface area contributed by atoms with Crippen molar-refractivity contribution in [2.24, 2.45) is 11.8 Å². The van der Waals surface area contributed by atoms with E-state index >= 15 is 4.39 Å². The molecule has 1 fully saturated rings. The third kappa shape index (κ3) is 7.13. The molecular formula is C27H33FN4O3S. The molecule has 0 amide bonds. The van der Waals surface area contributed by atoms with Crippen molar-refractivity contribution in [2.45, 2.75) is 43.3 Å². The van der Waals surface area contributed by atoms with Gasteiger partial charge < -0.3 is 14.7 Å². The van der Waals surface area contributed by atoms with Crippen LogP contribution in [0.25, 0.3) is 10.9 Å². The molecule has 0 aliphatic carbocycles. The second kappa shape index (κ2) is 13.0. The molecule has 0 radical (unpaired) electrons. The number of halogens is 1. The largest absolute Gasteiger partial charge is 0.497 e. The van der Waals surface area contributed by atoms with Gasteiger partial charge in [-0.15, -0.1) is 11.8 Å². The van der Waals surface area contributed by atoms with Crippen LogP contribution in [-0.2, 0) is 4.79 Å². The van der Waals surface area contributed by atoms with E-state index in [-0.39, 0.29) is 18.3 Å². The Morgan fingerprint density at radius 2 is 2.14 bits per heavy atom. The molecule has 1 N–H and O–H groups in total. The molecule has 7 nitrogen and oxygen atoms in total. The molecule has 0 spiro atoms. The van der Waals surface area contributed by atoms with E-state index in [4.69, 9.17) is 4.74 Å². The SMILES string of the molecule is COc1ccc2nccc([C@H](F)CC[C@@H]3CCN(CCCSc4ccncn4)C[C@@H]3CC(=O)O)c2c1. The zero-order chi connectivity index (χ0) is 25.3. The van der Waals surface area contributed by atoms with Gasteiger partial charge in [-0.05, 0) is 86.5 Å². The number of piperidine rings is 1. The van der Waals surface area contributed by atoms with E-state index < -0.39 is 12.1 Å². The molecule has 3 atom stereocenters. The first-order chi connectivity index (χ1) is 17.5. The Kier molecular flexibility index (Phi) is 9.47. The first-order valence-corrected chi connectivity index (χ1v) is 13.4. The molecule has 192 valence electrons. The van der Waals surface area contributed by atoms with Crippen LogP contribution >= 0.6 is 11.8 Å². The predicted octanol–water partition coefficient (Wildman–Crippen LogP) is 5.42. The van der Waals surface area contributed by atoms with Crippen molar-refractivity contribution in [1.82, 2.24) is 19.9 Å². The number of carbonyl (C=O) groups is 1. The highest BCUT2D eigenvalue weighted by Gasteiger charge is 2.31. The molecule has 3 heterocycles. The molecule has 4 rings (SSSR count). The quantitative estimate of drug-likeness (QED) is 0.196. The monoisotopic (exact) mass is 512 g/mol. The van der Waals surface area contributed by atoms with E-state index in [1.165, 1.54) is 0 Å². The van der Waals surface area contributed by atoms with Crippen LogP contribution < -0.4 is 4.74 Å². The van der Waals surface area contributed by atoms with Crippen LogP contribution in [0.3, 0.4) is 0 Å². The van der Waals surface area contributed by atoms with Gasteiger partial charge in [-0.25, -0.2) is 14.4 Å². The molecule has 36 heavy (non-hydrogen) atoms. The van der Waals surface area contributed by atoms with Crippen molar-refractivity contribution in [2.75, 3.05) is 32.5 Å². The summed E-state index contributed by atoms with van der Waals surface area (Å²) in [4.78, 5) is 26.5. The summed E-state index contributed by atoms with van der Waals surface area (Å²) in [5.74, 6) is 1.08. The van der Waals surface area contributed by atoms with Crippen LogP contribution in [0.2, 0.25) is 0 Å². The third-order valence-electron chi connectivity index (χ3n) is 6.95. The Balaban J connectivity index is 1.31. The number of likely N-dealkylation sites (tertiary alicyclic amines) is 1. The van der Waals surface area contributed by atoms with Gasteiger partial charge in [0.15, 0.2) is 0 Å². The number of pyridine rings is 1. The number of carboxylic acid groups (broad SMARTS) is 1. The maximum atomic E-state index is 15.5. The summed E-state index contributed by atoms with van der Waals surface area (Å²) in [7, 11) is 1.59. The summed E-state index contributed by atoms with van der Waals surface area (Å²) in [5, 5.41) is 11.2. The Bertz CT molecular complexity index is 1140. The Hall–Kier alpha value is -2.78. The number of alkyl halides is 1. The number of aliphatic carboxylic acids is 1. The Morgan fingerprint density at radius 1 is 1.25 bits per heavy atom. The maximum absolute atomic E-state index is 15.5. The van der Waals surface area contributed by atoms with Crippen molar-refractivity contribution < 1.29 is 19.0 Å². The van der Waals surface area contributed by atoms with Gasteiger partial charge in [0.1, 0.15) is 18.2 Å². The van der Waals surface area contributed by atoms with E-state index in [2.05, 4.69) is 19.9 Å². The third-order valence-corrected chi connectivity index (χ3v) is 7.98. The van der Waals surface area contributed by atoms with Gasteiger partial charge in [-0.2, -0.15) is 0 Å². The fourth-order valence-corrected chi connectivity index (χ4v) is 5.85. The standard InChI is InChI=1S/C27H33FN4O3S/c1-35-21-4-6-25-23(16-21)22(7-11-30-25)24(28)5-3-19-9-13-32(17-20(19)15-27(33)34)12-2-14-36-26-8-10-29-18-31-26/h4,6-8,10-11,16,18-20,24H,2-3,5,9,12-15,17H2,1H3,(H,33,34)/t19-,20+,24-/m1/s1. The lowest BCUT2D eigenvalue weighted by atomic mass is 9.79. The van der Waals surface area contributed by atoms with Crippen LogP contribution in [0, 0.1) is 11.8 Å². The van der Waals surface area contributed by atoms with E-state index in [0.717, 1.165) is 54.2 Å². The van der Waals surface area contributed by atoms with E-state index in [1.54, 1.807) is 43.7 Å². The van der Waals surface area contributed by atoms with Gasteiger partial charge in [0.25, 0.3) is 0 Å². The van der Waals surface area contributed by atoms with Crippen molar-refractivity contribution in [3.8, 4) is 5.75 Å². The average Bonchev–Trinajstić information content (AvgIpc) is 2.90. The lowest BCUT2D eigenvalue weighted by Gasteiger charge is -2.38. The number of aromatic nitrogens is 3. The highest BCUT2D eigenvalue weighted by Crippen LogP contribution is 2.36. The zero-order valence-electron chi connectivity index (χ0n) is 20.6. The van der Waals surface area contributed by atoms with E-state index in [9.17, 15) is 9.90 Å². The van der Waals surface area contributed by atoms with Crippen LogP contribution in [-0.4, -0.2) is 63.4 Å². The molecule has 1 aliphatic heterocycles. The number of rotatable bonds is 12. The fraction of sp³-hybridized carbons (Fsp3) is 0.481. The molecule has 0 saturated carbocycles. The van der Waals surface area contributed by atoms with Crippen molar-refractivity contribution in [3.05, 3.63) is 54.6 Å². The van der Waals surface area contributed by atoms with Gasteiger partial charge in [-0.1, -0.05) is 0 Å². The second-order valence-corrected chi connectivity index (χ2v) is 10.4. The molecule has 2 aromatic heterocycles. The summed E-state index contributed by atoms with van der Waals surface area (Å²) in [6, 6.07) is 9.14. The molecule has 1 saturated heterocycles. The number of hydrogen-bond donors (Lipinski definition) is 1. The fourth-order valence-electron chi connectivity index (χ4n) is 5.09. The van der Waals surface area contributed by atoms with Crippen LogP contribution in [0.15, 0.2) is 54.1 Å². The minimum absolute atomic E-state index is 0.0345. The van der Waals surface area contributed by atoms with E-state index in [1.807, 2.05) is 24.3 Å². The summed E-state index contributed by atoms with van der Waals surface area (Å²) in [5.41, 5.74) is 1.36. The van der Waals surface area contributed by atoms with Gasteiger partial charge in [0, 0.05) is 36.5 Å².